The second-order valence-corrected chi connectivity index (χ2v) is 4.41. The SMILES string of the molecule is CCC[S@](=N)(=O)CC. The molecule has 0 aromatic carbocycles. The molecule has 0 radical (unpaired) electrons. The van der Waals surface area contributed by atoms with Gasteiger partial charge in [0.2, 0.25) is 0 Å². The van der Waals surface area contributed by atoms with E-state index in [9.17, 15) is 4.21 Å². The summed E-state index contributed by atoms with van der Waals surface area (Å²) in [4.78, 5) is 0. The number of hydrogen-bond acceptors (Lipinski definition) is 2. The molecule has 0 aromatic rings. The van der Waals surface area contributed by atoms with Crippen LogP contribution >= 0.6 is 0 Å². The van der Waals surface area contributed by atoms with Crippen LogP contribution in [0.3, 0.4) is 0 Å². The summed E-state index contributed by atoms with van der Waals surface area (Å²) in [6.45, 7) is 3.74. The van der Waals surface area contributed by atoms with E-state index in [0.29, 0.717) is 11.5 Å². The van der Waals surface area contributed by atoms with E-state index in [1.807, 2.05) is 6.92 Å². The summed E-state index contributed by atoms with van der Waals surface area (Å²) in [5.74, 6) is 1.06. The first kappa shape index (κ1) is 7.95. The first-order valence-corrected chi connectivity index (χ1v) is 4.76. The van der Waals surface area contributed by atoms with Gasteiger partial charge < -0.3 is 0 Å². The van der Waals surface area contributed by atoms with Gasteiger partial charge in [0, 0.05) is 21.2 Å². The molecule has 50 valence electrons. The molecule has 3 heteroatoms. The Kier molecular flexibility index (Phi) is 3.05. The maximum atomic E-state index is 10.8. The van der Waals surface area contributed by atoms with E-state index < -0.39 is 9.73 Å². The molecule has 0 unspecified atom stereocenters. The summed E-state index contributed by atoms with van der Waals surface area (Å²) >= 11 is 0. The molecular formula is C5H13NOS. The van der Waals surface area contributed by atoms with Gasteiger partial charge in [-0.2, -0.15) is 0 Å². The minimum absolute atomic E-state index is 0.501. The topological polar surface area (TPSA) is 40.9 Å². The van der Waals surface area contributed by atoms with Crippen LogP contribution in [-0.2, 0) is 9.73 Å². The van der Waals surface area contributed by atoms with Gasteiger partial charge in [0.05, 0.1) is 0 Å². The highest BCUT2D eigenvalue weighted by Gasteiger charge is 1.97. The zero-order valence-corrected chi connectivity index (χ0v) is 6.25. The Hall–Kier alpha value is -0.0500. The van der Waals surface area contributed by atoms with Crippen molar-refractivity contribution < 1.29 is 4.21 Å². The van der Waals surface area contributed by atoms with E-state index in [1.165, 1.54) is 0 Å². The van der Waals surface area contributed by atoms with Crippen LogP contribution in [0.4, 0.5) is 0 Å². The number of nitrogens with one attached hydrogen (secondary N) is 1. The Morgan fingerprint density at radius 1 is 1.50 bits per heavy atom. The second kappa shape index (κ2) is 3.07. The van der Waals surface area contributed by atoms with Crippen LogP contribution in [0.2, 0.25) is 0 Å². The van der Waals surface area contributed by atoms with Crippen molar-refractivity contribution in [3.8, 4) is 0 Å². The third-order valence-corrected chi connectivity index (χ3v) is 3.00. The molecule has 0 aliphatic carbocycles. The third kappa shape index (κ3) is 3.02. The molecule has 0 rings (SSSR count). The lowest BCUT2D eigenvalue weighted by Crippen LogP contribution is -2.04. The summed E-state index contributed by atoms with van der Waals surface area (Å²) in [5, 5.41) is 0. The number of hydrogen-bond donors (Lipinski definition) is 1. The van der Waals surface area contributed by atoms with Crippen molar-refractivity contribution in [1.82, 2.24) is 0 Å². The molecule has 1 atom stereocenters. The summed E-state index contributed by atoms with van der Waals surface area (Å²) in [6, 6.07) is 0. The molecule has 0 aliphatic rings. The Morgan fingerprint density at radius 3 is 2.12 bits per heavy atom. The smallest absolute Gasteiger partial charge is 0.0438 e. The van der Waals surface area contributed by atoms with Crippen LogP contribution in [0.1, 0.15) is 20.3 Å². The van der Waals surface area contributed by atoms with Crippen molar-refractivity contribution in [3.05, 3.63) is 0 Å². The van der Waals surface area contributed by atoms with Crippen molar-refractivity contribution in [2.75, 3.05) is 11.5 Å². The molecular weight excluding hydrogens is 122 g/mol. The lowest BCUT2D eigenvalue weighted by atomic mass is 10.6. The molecule has 0 fully saturated rings. The molecule has 0 saturated carbocycles. The summed E-state index contributed by atoms with van der Waals surface area (Å²) in [6.07, 6.45) is 0.857. The largest absolute Gasteiger partial charge is 0.253 e. The predicted octanol–water partition coefficient (Wildman–Crippen LogP) is 1.46. The van der Waals surface area contributed by atoms with Gasteiger partial charge in [0.1, 0.15) is 0 Å². The lowest BCUT2D eigenvalue weighted by molar-refractivity contribution is 0.674. The summed E-state index contributed by atoms with van der Waals surface area (Å²) in [7, 11) is -2.17. The fourth-order valence-electron chi connectivity index (χ4n) is 0.474. The fourth-order valence-corrected chi connectivity index (χ4v) is 1.42. The van der Waals surface area contributed by atoms with Gasteiger partial charge in [0.25, 0.3) is 0 Å². The van der Waals surface area contributed by atoms with E-state index in [2.05, 4.69) is 0 Å². The van der Waals surface area contributed by atoms with Gasteiger partial charge in [-0.15, -0.1) is 0 Å². The van der Waals surface area contributed by atoms with Crippen molar-refractivity contribution in [1.29, 1.82) is 4.78 Å². The van der Waals surface area contributed by atoms with Gasteiger partial charge in [-0.05, 0) is 6.42 Å². The Labute approximate surface area is 51.3 Å². The molecule has 0 amide bonds. The summed E-state index contributed by atoms with van der Waals surface area (Å²) < 4.78 is 17.9. The average molecular weight is 135 g/mol. The van der Waals surface area contributed by atoms with E-state index >= 15 is 0 Å². The van der Waals surface area contributed by atoms with Crippen molar-refractivity contribution in [3.63, 3.8) is 0 Å². The third-order valence-electron chi connectivity index (χ3n) is 1.00. The van der Waals surface area contributed by atoms with Crippen molar-refractivity contribution in [2.24, 2.45) is 0 Å². The first-order valence-electron chi connectivity index (χ1n) is 2.86. The zero-order valence-electron chi connectivity index (χ0n) is 5.44. The first-order chi connectivity index (χ1) is 3.62. The molecule has 0 aliphatic heterocycles. The summed E-state index contributed by atoms with van der Waals surface area (Å²) in [5.41, 5.74) is 0. The zero-order chi connectivity index (χ0) is 6.62. The molecule has 0 saturated heterocycles. The minimum Gasteiger partial charge on any atom is -0.253 e. The van der Waals surface area contributed by atoms with Crippen LogP contribution in [0.15, 0.2) is 0 Å². The van der Waals surface area contributed by atoms with E-state index in [0.717, 1.165) is 6.42 Å². The quantitative estimate of drug-likeness (QED) is 0.625. The highest BCUT2D eigenvalue weighted by molar-refractivity contribution is 7.92. The Balaban J connectivity index is 3.76. The molecule has 0 aromatic heterocycles. The number of rotatable bonds is 3. The van der Waals surface area contributed by atoms with Crippen LogP contribution in [-0.4, -0.2) is 15.7 Å². The molecule has 0 bridgehead atoms. The van der Waals surface area contributed by atoms with Crippen LogP contribution in [0, 0.1) is 4.78 Å². The van der Waals surface area contributed by atoms with Gasteiger partial charge in [-0.3, -0.25) is 4.78 Å². The van der Waals surface area contributed by atoms with Gasteiger partial charge in [0.15, 0.2) is 0 Å². The standard InChI is InChI=1S/C5H13NOS/c1-3-5-8(6,7)4-2/h6H,3-5H2,1-2H3/t8-/m1/s1. The van der Waals surface area contributed by atoms with Crippen molar-refractivity contribution in [2.45, 2.75) is 20.3 Å². The van der Waals surface area contributed by atoms with E-state index in [-0.39, 0.29) is 0 Å². The van der Waals surface area contributed by atoms with E-state index in [1.54, 1.807) is 6.92 Å². The monoisotopic (exact) mass is 135 g/mol. The highest BCUT2D eigenvalue weighted by atomic mass is 32.2. The Bertz CT molecular complexity index is 137. The average Bonchev–Trinajstić information content (AvgIpc) is 1.67. The normalized spacial score (nSPS) is 17.8. The predicted molar refractivity (Wildman–Crippen MR) is 36.6 cm³/mol. The molecule has 1 N–H and O–H groups in total. The fraction of sp³-hybridized carbons (Fsp3) is 1.00. The molecule has 2 nitrogen and oxygen atoms in total. The maximum absolute atomic E-state index is 10.8. The van der Waals surface area contributed by atoms with Crippen LogP contribution in [0.25, 0.3) is 0 Å². The maximum Gasteiger partial charge on any atom is 0.0438 e. The van der Waals surface area contributed by atoms with Crippen LogP contribution < -0.4 is 0 Å². The molecule has 0 spiro atoms. The van der Waals surface area contributed by atoms with Gasteiger partial charge in [-0.25, -0.2) is 4.21 Å². The lowest BCUT2D eigenvalue weighted by Gasteiger charge is -1.98. The van der Waals surface area contributed by atoms with Gasteiger partial charge in [-0.1, -0.05) is 13.8 Å². The second-order valence-electron chi connectivity index (χ2n) is 1.80. The minimum atomic E-state index is -2.17. The highest BCUT2D eigenvalue weighted by Crippen LogP contribution is 1.92. The molecule has 0 heterocycles. The Morgan fingerprint density at radius 2 is 2.00 bits per heavy atom. The van der Waals surface area contributed by atoms with Crippen molar-refractivity contribution >= 4 is 9.73 Å². The van der Waals surface area contributed by atoms with Crippen LogP contribution in [0.5, 0.6) is 0 Å². The van der Waals surface area contributed by atoms with Gasteiger partial charge >= 0.3 is 0 Å². The molecule has 8 heavy (non-hydrogen) atoms. The van der Waals surface area contributed by atoms with E-state index in [4.69, 9.17) is 4.78 Å².